The summed E-state index contributed by atoms with van der Waals surface area (Å²) in [5.41, 5.74) is 1.15. The SMILES string of the molecule is CCOc1cc(/C=C2/SC(=O)N(Cc3c(F)cccc3Cl)C2=O)ccc1OCC(=O)Nc1ccccc1OC. The lowest BCUT2D eigenvalue weighted by Gasteiger charge is -2.14. The number of ether oxygens (including phenoxy) is 3. The molecule has 3 aromatic carbocycles. The zero-order valence-corrected chi connectivity index (χ0v) is 22.6. The van der Waals surface area contributed by atoms with Crippen molar-refractivity contribution in [3.8, 4) is 17.2 Å². The van der Waals surface area contributed by atoms with Gasteiger partial charge in [-0.25, -0.2) is 4.39 Å². The van der Waals surface area contributed by atoms with Crippen LogP contribution in [0.1, 0.15) is 18.1 Å². The van der Waals surface area contributed by atoms with E-state index in [1.807, 2.05) is 0 Å². The fourth-order valence-electron chi connectivity index (χ4n) is 3.71. The molecule has 0 bridgehead atoms. The highest BCUT2D eigenvalue weighted by molar-refractivity contribution is 8.18. The number of imide groups is 1. The number of nitrogens with one attached hydrogen (secondary N) is 1. The largest absolute Gasteiger partial charge is 0.495 e. The van der Waals surface area contributed by atoms with Gasteiger partial charge in [0, 0.05) is 10.6 Å². The molecule has 0 spiro atoms. The fraction of sp³-hybridized carbons (Fsp3) is 0.179. The first-order valence-electron chi connectivity index (χ1n) is 11.8. The number of carbonyl (C=O) groups excluding carboxylic acids is 3. The molecule has 0 saturated carbocycles. The molecule has 0 atom stereocenters. The predicted molar refractivity (Wildman–Crippen MR) is 148 cm³/mol. The second-order valence-corrected chi connectivity index (χ2v) is 9.54. The Bertz CT molecular complexity index is 1430. The van der Waals surface area contributed by atoms with Crippen molar-refractivity contribution in [3.05, 3.63) is 87.5 Å². The number of benzene rings is 3. The Morgan fingerprint density at radius 3 is 2.59 bits per heavy atom. The van der Waals surface area contributed by atoms with Crippen molar-refractivity contribution < 1.29 is 33.0 Å². The Hall–Kier alpha value is -4.02. The molecule has 1 fully saturated rings. The zero-order valence-electron chi connectivity index (χ0n) is 21.0. The van der Waals surface area contributed by atoms with Crippen molar-refractivity contribution in [3.63, 3.8) is 0 Å². The van der Waals surface area contributed by atoms with E-state index >= 15 is 0 Å². The van der Waals surface area contributed by atoms with Crippen LogP contribution in [0.25, 0.3) is 6.08 Å². The molecule has 0 aromatic heterocycles. The molecule has 8 nitrogen and oxygen atoms in total. The lowest BCUT2D eigenvalue weighted by Crippen LogP contribution is -2.28. The molecule has 4 rings (SSSR count). The van der Waals surface area contributed by atoms with Crippen LogP contribution in [0.3, 0.4) is 0 Å². The van der Waals surface area contributed by atoms with Crippen molar-refractivity contribution in [1.82, 2.24) is 4.90 Å². The van der Waals surface area contributed by atoms with Gasteiger partial charge >= 0.3 is 0 Å². The highest BCUT2D eigenvalue weighted by atomic mass is 35.5. The van der Waals surface area contributed by atoms with Gasteiger partial charge in [-0.05, 0) is 66.7 Å². The van der Waals surface area contributed by atoms with Gasteiger partial charge in [0.1, 0.15) is 11.6 Å². The normalized spacial score (nSPS) is 14.1. The standard InChI is InChI=1S/C28H24ClFN2O6S/c1-3-37-24-13-17(11-12-23(24)38-16-26(33)31-21-9-4-5-10-22(21)36-2)14-25-27(34)32(28(35)39-25)15-18-19(29)7-6-8-20(18)30/h4-14H,3,15-16H2,1-2H3,(H,31,33)/b25-14+. The predicted octanol–water partition coefficient (Wildman–Crippen LogP) is 6.14. The second kappa shape index (κ2) is 12.7. The molecule has 0 unspecified atom stereocenters. The van der Waals surface area contributed by atoms with Gasteiger partial charge in [-0.15, -0.1) is 0 Å². The number of methoxy groups -OCH3 is 1. The summed E-state index contributed by atoms with van der Waals surface area (Å²) in [4.78, 5) is 39.0. The van der Waals surface area contributed by atoms with E-state index in [2.05, 4.69) is 5.32 Å². The van der Waals surface area contributed by atoms with Gasteiger partial charge in [0.15, 0.2) is 18.1 Å². The number of nitrogens with zero attached hydrogens (tertiary/aromatic N) is 1. The third-order valence-corrected chi connectivity index (χ3v) is 6.82. The first-order chi connectivity index (χ1) is 18.8. The van der Waals surface area contributed by atoms with Crippen molar-refractivity contribution in [2.75, 3.05) is 25.6 Å². The lowest BCUT2D eigenvalue weighted by molar-refractivity contribution is -0.123. The van der Waals surface area contributed by atoms with Gasteiger partial charge in [-0.3, -0.25) is 19.3 Å². The third kappa shape index (κ3) is 6.71. The Balaban J connectivity index is 1.46. The summed E-state index contributed by atoms with van der Waals surface area (Å²) < 4.78 is 30.8. The minimum atomic E-state index is -0.598. The molecule has 3 aromatic rings. The Morgan fingerprint density at radius 1 is 1.05 bits per heavy atom. The summed E-state index contributed by atoms with van der Waals surface area (Å²) in [5, 5.41) is 2.33. The fourth-order valence-corrected chi connectivity index (χ4v) is 4.77. The quantitative estimate of drug-likeness (QED) is 0.293. The topological polar surface area (TPSA) is 94.2 Å². The van der Waals surface area contributed by atoms with Gasteiger partial charge < -0.3 is 19.5 Å². The van der Waals surface area contributed by atoms with E-state index < -0.39 is 22.9 Å². The van der Waals surface area contributed by atoms with Crippen LogP contribution in [0.2, 0.25) is 5.02 Å². The molecule has 1 saturated heterocycles. The van der Waals surface area contributed by atoms with E-state index in [9.17, 15) is 18.8 Å². The Kier molecular flexibility index (Phi) is 9.11. The molecule has 39 heavy (non-hydrogen) atoms. The van der Waals surface area contributed by atoms with Crippen LogP contribution < -0.4 is 19.5 Å². The number of amides is 3. The van der Waals surface area contributed by atoms with Crippen LogP contribution in [0.15, 0.2) is 65.6 Å². The summed E-state index contributed by atoms with van der Waals surface area (Å²) in [7, 11) is 1.51. The number of carbonyl (C=O) groups is 3. The van der Waals surface area contributed by atoms with Crippen molar-refractivity contribution in [2.24, 2.45) is 0 Å². The van der Waals surface area contributed by atoms with Gasteiger partial charge in [-0.1, -0.05) is 35.9 Å². The van der Waals surface area contributed by atoms with Crippen LogP contribution in [0, 0.1) is 5.82 Å². The average molecular weight is 571 g/mol. The molecule has 0 radical (unpaired) electrons. The minimum Gasteiger partial charge on any atom is -0.495 e. The van der Waals surface area contributed by atoms with E-state index in [0.717, 1.165) is 16.7 Å². The summed E-state index contributed by atoms with van der Waals surface area (Å²) >= 11 is 6.81. The number of halogens is 2. The van der Waals surface area contributed by atoms with Crippen molar-refractivity contribution in [1.29, 1.82) is 0 Å². The Morgan fingerprint density at radius 2 is 1.85 bits per heavy atom. The van der Waals surface area contributed by atoms with E-state index in [0.29, 0.717) is 35.1 Å². The molecule has 3 amide bonds. The van der Waals surface area contributed by atoms with Crippen LogP contribution in [0.4, 0.5) is 14.9 Å². The van der Waals surface area contributed by atoms with E-state index in [1.54, 1.807) is 49.4 Å². The van der Waals surface area contributed by atoms with E-state index in [4.69, 9.17) is 25.8 Å². The smallest absolute Gasteiger partial charge is 0.293 e. The molecule has 202 valence electrons. The van der Waals surface area contributed by atoms with Crippen LogP contribution in [0.5, 0.6) is 17.2 Å². The van der Waals surface area contributed by atoms with Crippen LogP contribution in [-0.4, -0.2) is 42.3 Å². The maximum Gasteiger partial charge on any atom is 0.293 e. The molecule has 1 aliphatic heterocycles. The monoisotopic (exact) mass is 570 g/mol. The molecular weight excluding hydrogens is 547 g/mol. The van der Waals surface area contributed by atoms with Crippen LogP contribution in [-0.2, 0) is 16.1 Å². The van der Waals surface area contributed by atoms with E-state index in [-0.39, 0.29) is 28.6 Å². The van der Waals surface area contributed by atoms with Crippen molar-refractivity contribution in [2.45, 2.75) is 13.5 Å². The molecule has 1 N–H and O–H groups in total. The summed E-state index contributed by atoms with van der Waals surface area (Å²) in [6.45, 7) is 1.56. The van der Waals surface area contributed by atoms with Gasteiger partial charge in [0.05, 0.1) is 30.9 Å². The average Bonchev–Trinajstić information content (AvgIpc) is 3.18. The number of para-hydroxylation sites is 2. The highest BCUT2D eigenvalue weighted by Crippen LogP contribution is 2.36. The van der Waals surface area contributed by atoms with Gasteiger partial charge in [0.25, 0.3) is 17.1 Å². The molecule has 1 heterocycles. The van der Waals surface area contributed by atoms with Gasteiger partial charge in [0.2, 0.25) is 0 Å². The first kappa shape index (κ1) is 28.0. The maximum atomic E-state index is 14.2. The molecule has 1 aliphatic rings. The second-order valence-electron chi connectivity index (χ2n) is 8.14. The number of thioether (sulfide) groups is 1. The third-order valence-electron chi connectivity index (χ3n) is 5.56. The molecule has 11 heteroatoms. The number of anilines is 1. The summed E-state index contributed by atoms with van der Waals surface area (Å²) in [5.74, 6) is -0.351. The highest BCUT2D eigenvalue weighted by Gasteiger charge is 2.36. The molecule has 0 aliphatic carbocycles. The number of hydrogen-bond donors (Lipinski definition) is 1. The van der Waals surface area contributed by atoms with Gasteiger partial charge in [-0.2, -0.15) is 0 Å². The number of rotatable bonds is 10. The maximum absolute atomic E-state index is 14.2. The minimum absolute atomic E-state index is 0.0672. The lowest BCUT2D eigenvalue weighted by atomic mass is 10.1. The van der Waals surface area contributed by atoms with E-state index in [1.165, 1.54) is 31.4 Å². The first-order valence-corrected chi connectivity index (χ1v) is 13.0. The number of hydrogen-bond acceptors (Lipinski definition) is 7. The van der Waals surface area contributed by atoms with Crippen molar-refractivity contribution >= 4 is 52.2 Å². The summed E-state index contributed by atoms with van der Waals surface area (Å²) in [6.07, 6.45) is 1.54. The summed E-state index contributed by atoms with van der Waals surface area (Å²) in [6, 6.07) is 16.1. The zero-order chi connectivity index (χ0) is 27.9. The van der Waals surface area contributed by atoms with Crippen LogP contribution >= 0.6 is 23.4 Å². The molecular formula is C28H24ClFN2O6S. The Labute approximate surface area is 233 Å².